The van der Waals surface area contributed by atoms with Gasteiger partial charge in [0.1, 0.15) is 13.2 Å². The number of likely N-dealkylation sites (tertiary alicyclic amines) is 1. The first-order chi connectivity index (χ1) is 13.7. The van der Waals surface area contributed by atoms with Gasteiger partial charge in [-0.3, -0.25) is 9.69 Å². The standard InChI is InChI=1S/C22H32N2O4/c25-12-8-18-5-1-4-11-24(18)16-21(26)23-22(9-2-3-10-22)17-6-7-19-20(15-17)28-14-13-27-19/h6-7,15,18,25H,1-5,8-14,16H2,(H,23,26). The maximum atomic E-state index is 13.0. The van der Waals surface area contributed by atoms with Crippen molar-refractivity contribution in [1.82, 2.24) is 10.2 Å². The zero-order valence-corrected chi connectivity index (χ0v) is 16.6. The Bertz CT molecular complexity index is 685. The molecule has 2 N–H and O–H groups in total. The van der Waals surface area contributed by atoms with Gasteiger partial charge >= 0.3 is 0 Å². The van der Waals surface area contributed by atoms with Crippen LogP contribution in [-0.4, -0.2) is 54.9 Å². The summed E-state index contributed by atoms with van der Waals surface area (Å²) in [5.41, 5.74) is 0.808. The third-order valence-corrected chi connectivity index (χ3v) is 6.49. The molecule has 0 spiro atoms. The summed E-state index contributed by atoms with van der Waals surface area (Å²) < 4.78 is 11.4. The van der Waals surface area contributed by atoms with Crippen LogP contribution in [0.15, 0.2) is 18.2 Å². The summed E-state index contributed by atoms with van der Waals surface area (Å²) in [7, 11) is 0. The molecule has 1 saturated heterocycles. The van der Waals surface area contributed by atoms with Crippen molar-refractivity contribution in [2.75, 3.05) is 32.9 Å². The van der Waals surface area contributed by atoms with Gasteiger partial charge < -0.3 is 19.9 Å². The summed E-state index contributed by atoms with van der Waals surface area (Å²) in [6, 6.07) is 6.42. The van der Waals surface area contributed by atoms with Gasteiger partial charge in [0, 0.05) is 12.6 Å². The van der Waals surface area contributed by atoms with E-state index in [0.717, 1.165) is 68.6 Å². The molecule has 154 valence electrons. The van der Waals surface area contributed by atoms with Crippen molar-refractivity contribution in [3.8, 4) is 11.5 Å². The van der Waals surface area contributed by atoms with Gasteiger partial charge in [-0.25, -0.2) is 0 Å². The average Bonchev–Trinajstić information content (AvgIpc) is 3.19. The highest BCUT2D eigenvalue weighted by atomic mass is 16.6. The number of ether oxygens (including phenoxy) is 2. The Morgan fingerprint density at radius 2 is 1.93 bits per heavy atom. The van der Waals surface area contributed by atoms with Gasteiger partial charge in [0.15, 0.2) is 11.5 Å². The summed E-state index contributed by atoms with van der Waals surface area (Å²) >= 11 is 0. The second kappa shape index (κ2) is 8.70. The lowest BCUT2D eigenvalue weighted by Crippen LogP contribution is -2.51. The first-order valence-electron chi connectivity index (χ1n) is 10.8. The van der Waals surface area contributed by atoms with Gasteiger partial charge in [-0.2, -0.15) is 0 Å². The number of carbonyl (C=O) groups is 1. The summed E-state index contributed by atoms with van der Waals surface area (Å²) in [6.07, 6.45) is 8.28. The van der Waals surface area contributed by atoms with Gasteiger partial charge in [0.05, 0.1) is 12.1 Å². The molecule has 1 atom stereocenters. The molecule has 2 aliphatic heterocycles. The molecule has 4 rings (SSSR count). The van der Waals surface area contributed by atoms with E-state index < -0.39 is 0 Å². The van der Waals surface area contributed by atoms with E-state index in [2.05, 4.69) is 22.3 Å². The molecule has 1 amide bonds. The maximum Gasteiger partial charge on any atom is 0.234 e. The largest absolute Gasteiger partial charge is 0.486 e. The first-order valence-corrected chi connectivity index (χ1v) is 10.8. The highest BCUT2D eigenvalue weighted by Gasteiger charge is 2.38. The second-order valence-electron chi connectivity index (χ2n) is 8.33. The van der Waals surface area contributed by atoms with E-state index in [-0.39, 0.29) is 18.1 Å². The van der Waals surface area contributed by atoms with Crippen LogP contribution in [0.25, 0.3) is 0 Å². The first kappa shape index (κ1) is 19.5. The van der Waals surface area contributed by atoms with Crippen molar-refractivity contribution in [2.45, 2.75) is 62.9 Å². The Labute approximate surface area is 167 Å². The van der Waals surface area contributed by atoms with Crippen LogP contribution in [0, 0.1) is 0 Å². The van der Waals surface area contributed by atoms with Crippen molar-refractivity contribution in [3.05, 3.63) is 23.8 Å². The van der Waals surface area contributed by atoms with E-state index in [4.69, 9.17) is 9.47 Å². The molecule has 0 bridgehead atoms. The fourth-order valence-corrected chi connectivity index (χ4v) is 5.04. The predicted molar refractivity (Wildman–Crippen MR) is 107 cm³/mol. The van der Waals surface area contributed by atoms with Gasteiger partial charge in [-0.05, 0) is 56.3 Å². The van der Waals surface area contributed by atoms with Gasteiger partial charge in [0.25, 0.3) is 0 Å². The number of piperidine rings is 1. The number of rotatable bonds is 6. The van der Waals surface area contributed by atoms with Crippen molar-refractivity contribution in [3.63, 3.8) is 0 Å². The molecule has 1 aliphatic carbocycles. The lowest BCUT2D eigenvalue weighted by molar-refractivity contribution is -0.125. The SMILES string of the molecule is O=C(CN1CCCCC1CCO)NC1(c2ccc3c(c2)OCCO3)CCCC1. The number of nitrogens with one attached hydrogen (secondary N) is 1. The minimum atomic E-state index is -0.310. The number of aliphatic hydroxyl groups excluding tert-OH is 1. The molecular formula is C22H32N2O4. The molecule has 1 saturated carbocycles. The van der Waals surface area contributed by atoms with Crippen LogP contribution < -0.4 is 14.8 Å². The zero-order chi connectivity index (χ0) is 19.4. The minimum Gasteiger partial charge on any atom is -0.486 e. The van der Waals surface area contributed by atoms with Gasteiger partial charge in [-0.15, -0.1) is 0 Å². The molecular weight excluding hydrogens is 356 g/mol. The molecule has 2 heterocycles. The fourth-order valence-electron chi connectivity index (χ4n) is 5.04. The highest BCUT2D eigenvalue weighted by Crippen LogP contribution is 2.42. The second-order valence-corrected chi connectivity index (χ2v) is 8.33. The Morgan fingerprint density at radius 3 is 2.71 bits per heavy atom. The average molecular weight is 389 g/mol. The molecule has 6 heteroatoms. The molecule has 0 aromatic heterocycles. The lowest BCUT2D eigenvalue weighted by atomic mass is 9.87. The molecule has 1 aromatic carbocycles. The van der Waals surface area contributed by atoms with E-state index in [0.29, 0.717) is 25.8 Å². The molecule has 1 aromatic rings. The number of amides is 1. The number of hydrogen-bond acceptors (Lipinski definition) is 5. The summed E-state index contributed by atoms with van der Waals surface area (Å²) in [6.45, 7) is 2.69. The maximum absolute atomic E-state index is 13.0. The topological polar surface area (TPSA) is 71.0 Å². The number of fused-ring (bicyclic) bond motifs is 1. The van der Waals surface area contributed by atoms with Crippen molar-refractivity contribution >= 4 is 5.91 Å². The third kappa shape index (κ3) is 4.13. The van der Waals surface area contributed by atoms with E-state index in [1.807, 2.05) is 6.07 Å². The van der Waals surface area contributed by atoms with Crippen LogP contribution in [0.2, 0.25) is 0 Å². The summed E-state index contributed by atoms with van der Waals surface area (Å²) in [5.74, 6) is 1.65. The van der Waals surface area contributed by atoms with Crippen LogP contribution in [0.1, 0.15) is 56.9 Å². The van der Waals surface area contributed by atoms with Gasteiger partial charge in [0.2, 0.25) is 5.91 Å². The van der Waals surface area contributed by atoms with Crippen LogP contribution in [0.4, 0.5) is 0 Å². The zero-order valence-electron chi connectivity index (χ0n) is 16.6. The van der Waals surface area contributed by atoms with E-state index in [9.17, 15) is 9.90 Å². The monoisotopic (exact) mass is 388 g/mol. The van der Waals surface area contributed by atoms with E-state index >= 15 is 0 Å². The minimum absolute atomic E-state index is 0.0848. The number of nitrogens with zero attached hydrogens (tertiary/aromatic N) is 1. The number of aliphatic hydroxyl groups is 1. The highest BCUT2D eigenvalue weighted by molar-refractivity contribution is 5.79. The predicted octanol–water partition coefficient (Wildman–Crippen LogP) is 2.58. The van der Waals surface area contributed by atoms with Crippen LogP contribution >= 0.6 is 0 Å². The smallest absolute Gasteiger partial charge is 0.234 e. The Hall–Kier alpha value is -1.79. The van der Waals surface area contributed by atoms with Crippen LogP contribution in [0.3, 0.4) is 0 Å². The van der Waals surface area contributed by atoms with Gasteiger partial charge in [-0.1, -0.05) is 25.3 Å². The number of benzene rings is 1. The molecule has 2 fully saturated rings. The van der Waals surface area contributed by atoms with Crippen molar-refractivity contribution in [2.24, 2.45) is 0 Å². The van der Waals surface area contributed by atoms with Crippen LogP contribution in [-0.2, 0) is 10.3 Å². The van der Waals surface area contributed by atoms with Crippen molar-refractivity contribution < 1.29 is 19.4 Å². The molecule has 28 heavy (non-hydrogen) atoms. The molecule has 1 unspecified atom stereocenters. The Balaban J connectivity index is 1.48. The summed E-state index contributed by atoms with van der Waals surface area (Å²) in [5, 5.41) is 12.7. The Kier molecular flexibility index (Phi) is 6.07. The molecule has 6 nitrogen and oxygen atoms in total. The fraction of sp³-hybridized carbons (Fsp3) is 0.682. The summed E-state index contributed by atoms with van der Waals surface area (Å²) in [4.78, 5) is 15.3. The number of hydrogen-bond donors (Lipinski definition) is 2. The normalized spacial score (nSPS) is 24.1. The molecule has 3 aliphatic rings. The molecule has 0 radical (unpaired) electrons. The number of carbonyl (C=O) groups excluding carboxylic acids is 1. The quantitative estimate of drug-likeness (QED) is 0.784. The van der Waals surface area contributed by atoms with Crippen LogP contribution in [0.5, 0.6) is 11.5 Å². The Morgan fingerprint density at radius 1 is 1.14 bits per heavy atom. The third-order valence-electron chi connectivity index (χ3n) is 6.49. The van der Waals surface area contributed by atoms with E-state index in [1.165, 1.54) is 6.42 Å². The van der Waals surface area contributed by atoms with Crippen molar-refractivity contribution in [1.29, 1.82) is 0 Å². The lowest BCUT2D eigenvalue weighted by Gasteiger charge is -2.37. The van der Waals surface area contributed by atoms with E-state index in [1.54, 1.807) is 0 Å².